The first-order valence-electron chi connectivity index (χ1n) is 10.1. The number of aromatic nitrogens is 3. The van der Waals surface area contributed by atoms with Crippen molar-refractivity contribution in [3.05, 3.63) is 114 Å². The summed E-state index contributed by atoms with van der Waals surface area (Å²) in [4.78, 5) is 22.5. The molecule has 36 heavy (non-hydrogen) atoms. The smallest absolute Gasteiger partial charge is 0.354 e. The van der Waals surface area contributed by atoms with Gasteiger partial charge in [-0.15, -0.1) is 17.7 Å². The molecule has 10 heteroatoms. The van der Waals surface area contributed by atoms with Crippen LogP contribution < -0.4 is 0 Å². The quantitative estimate of drug-likeness (QED) is 0.186. The van der Waals surface area contributed by atoms with Gasteiger partial charge in [0.2, 0.25) is 0 Å². The van der Waals surface area contributed by atoms with E-state index in [1.54, 1.807) is 36.4 Å². The summed E-state index contributed by atoms with van der Waals surface area (Å²) >= 11 is 0. The van der Waals surface area contributed by atoms with Crippen LogP contribution in [-0.4, -0.2) is 26.0 Å². The predicted molar refractivity (Wildman–Crippen MR) is 120 cm³/mol. The van der Waals surface area contributed by atoms with E-state index in [9.17, 15) is 22.4 Å². The van der Waals surface area contributed by atoms with Crippen molar-refractivity contribution in [2.45, 2.75) is 0 Å². The van der Waals surface area contributed by atoms with Crippen LogP contribution in [0.3, 0.4) is 0 Å². The summed E-state index contributed by atoms with van der Waals surface area (Å²) in [6, 6.07) is 18.6. The van der Waals surface area contributed by atoms with Gasteiger partial charge < -0.3 is 5.11 Å². The maximum atomic E-state index is 13.7. The summed E-state index contributed by atoms with van der Waals surface area (Å²) in [7, 11) is 0. The molecule has 5 rings (SSSR count). The average Bonchev–Trinajstić information content (AvgIpc) is 2.83. The molecular weight excluding hydrogens is 655 g/mol. The number of carboxylic acids is 1. The normalized spacial score (nSPS) is 10.2. The minimum atomic E-state index is -0.990. The summed E-state index contributed by atoms with van der Waals surface area (Å²) < 4.78 is 54.6. The van der Waals surface area contributed by atoms with Crippen LogP contribution >= 0.6 is 0 Å². The van der Waals surface area contributed by atoms with Crippen molar-refractivity contribution < 1.29 is 47.6 Å². The number of rotatable bonds is 3. The maximum Gasteiger partial charge on any atom is 0.354 e. The second kappa shape index (κ2) is 11.6. The number of para-hydroxylation sites is 2. The molecular formula is C26H14F4IrN3O2-. The summed E-state index contributed by atoms with van der Waals surface area (Å²) in [5, 5.41) is 8.32. The Kier molecular flexibility index (Phi) is 8.58. The van der Waals surface area contributed by atoms with Gasteiger partial charge in [0.25, 0.3) is 0 Å². The molecule has 0 saturated carbocycles. The van der Waals surface area contributed by atoms with Crippen LogP contribution in [0.5, 0.6) is 0 Å². The summed E-state index contributed by atoms with van der Waals surface area (Å²) in [5.41, 5.74) is 1.32. The molecule has 0 unspecified atom stereocenters. The Labute approximate surface area is 215 Å². The van der Waals surface area contributed by atoms with Crippen molar-refractivity contribution in [3.63, 3.8) is 0 Å². The van der Waals surface area contributed by atoms with E-state index in [0.717, 1.165) is 24.3 Å². The number of fused-ring (bicyclic) bond motifs is 1. The van der Waals surface area contributed by atoms with Gasteiger partial charge in [-0.2, -0.15) is 0 Å². The number of aromatic carboxylic acids is 1. The molecule has 0 spiro atoms. The number of hydrogen-bond donors (Lipinski definition) is 1. The number of halogens is 4. The van der Waals surface area contributed by atoms with Gasteiger partial charge in [-0.1, -0.05) is 24.3 Å². The molecule has 0 amide bonds. The van der Waals surface area contributed by atoms with Crippen LogP contribution in [0.2, 0.25) is 0 Å². The fourth-order valence-corrected chi connectivity index (χ4v) is 3.20. The predicted octanol–water partition coefficient (Wildman–Crippen LogP) is 6.10. The molecule has 5 aromatic rings. The number of carbonyl (C=O) groups is 1. The molecule has 183 valence electrons. The van der Waals surface area contributed by atoms with Crippen LogP contribution in [0.15, 0.2) is 79.0 Å². The van der Waals surface area contributed by atoms with Crippen molar-refractivity contribution >= 4 is 17.0 Å². The molecule has 0 bridgehead atoms. The fourth-order valence-electron chi connectivity index (χ4n) is 3.20. The molecule has 0 saturated heterocycles. The summed E-state index contributed by atoms with van der Waals surface area (Å²) in [6.45, 7) is 0. The summed E-state index contributed by atoms with van der Waals surface area (Å²) in [6.07, 6.45) is 1.45. The van der Waals surface area contributed by atoms with E-state index in [2.05, 4.69) is 21.0 Å². The zero-order valence-corrected chi connectivity index (χ0v) is 20.4. The second-order valence-corrected chi connectivity index (χ2v) is 7.15. The van der Waals surface area contributed by atoms with Crippen LogP contribution in [-0.2, 0) is 20.1 Å². The Hall–Kier alpha value is -4.01. The Morgan fingerprint density at radius 1 is 0.750 bits per heavy atom. The first kappa shape index (κ1) is 26.6. The van der Waals surface area contributed by atoms with Crippen molar-refractivity contribution in [1.29, 1.82) is 0 Å². The maximum absolute atomic E-state index is 13.7. The minimum absolute atomic E-state index is 0. The van der Waals surface area contributed by atoms with Crippen molar-refractivity contribution in [3.8, 4) is 22.5 Å². The third-order valence-electron chi connectivity index (χ3n) is 4.65. The van der Waals surface area contributed by atoms with Crippen molar-refractivity contribution in [2.24, 2.45) is 0 Å². The van der Waals surface area contributed by atoms with Gasteiger partial charge in [0.1, 0.15) is 17.3 Å². The van der Waals surface area contributed by atoms with Gasteiger partial charge >= 0.3 is 5.97 Å². The van der Waals surface area contributed by atoms with E-state index in [1.165, 1.54) is 12.3 Å². The molecule has 1 N–H and O–H groups in total. The zero-order chi connectivity index (χ0) is 24.9. The van der Waals surface area contributed by atoms with Gasteiger partial charge in [0.15, 0.2) is 0 Å². The second-order valence-electron chi connectivity index (χ2n) is 7.15. The molecule has 1 radical (unpaired) electrons. The largest absolute Gasteiger partial charge is 0.477 e. The van der Waals surface area contributed by atoms with Crippen LogP contribution in [0.25, 0.3) is 33.5 Å². The fraction of sp³-hybridized carbons (Fsp3) is 0. The minimum Gasteiger partial charge on any atom is -0.477 e. The molecule has 0 atom stereocenters. The third kappa shape index (κ3) is 6.35. The first-order chi connectivity index (χ1) is 16.8. The third-order valence-corrected chi connectivity index (χ3v) is 4.65. The Morgan fingerprint density at radius 3 is 1.86 bits per heavy atom. The number of hydrogen-bond acceptors (Lipinski definition) is 4. The van der Waals surface area contributed by atoms with Crippen molar-refractivity contribution in [2.75, 3.05) is 0 Å². The van der Waals surface area contributed by atoms with Gasteiger partial charge in [0, 0.05) is 49.7 Å². The van der Waals surface area contributed by atoms with Crippen LogP contribution in [0.1, 0.15) is 10.5 Å². The molecule has 5 nitrogen and oxygen atoms in total. The van der Waals surface area contributed by atoms with Gasteiger partial charge in [0.05, 0.1) is 16.7 Å². The SMILES string of the molecule is Fc1[c-]c(-c2nc3ccccc3nc2-c2cc(F)cc(F)c2)cc(F)c1.O=C(O)c1ccccn1.[Ir]. The molecule has 0 aliphatic rings. The Morgan fingerprint density at radius 2 is 1.33 bits per heavy atom. The molecule has 0 aliphatic heterocycles. The average molecular weight is 669 g/mol. The molecule has 0 fully saturated rings. The molecule has 0 aliphatic carbocycles. The Bertz CT molecular complexity index is 1400. The first-order valence-corrected chi connectivity index (χ1v) is 10.1. The summed E-state index contributed by atoms with van der Waals surface area (Å²) in [5.74, 6) is -4.31. The molecule has 3 aromatic carbocycles. The van der Waals surface area contributed by atoms with Gasteiger partial charge in [-0.25, -0.2) is 27.3 Å². The van der Waals surface area contributed by atoms with Crippen LogP contribution in [0.4, 0.5) is 17.6 Å². The van der Waals surface area contributed by atoms with E-state index in [0.29, 0.717) is 17.1 Å². The number of pyridine rings is 1. The Balaban J connectivity index is 0.000000307. The van der Waals surface area contributed by atoms with Gasteiger partial charge in [-0.05, 0) is 42.0 Å². The van der Waals surface area contributed by atoms with E-state index in [1.807, 2.05) is 0 Å². The van der Waals surface area contributed by atoms with Gasteiger partial charge in [-0.3, -0.25) is 9.97 Å². The number of nitrogens with zero attached hydrogens (tertiary/aromatic N) is 3. The number of benzene rings is 3. The van der Waals surface area contributed by atoms with E-state index in [-0.39, 0.29) is 48.3 Å². The van der Waals surface area contributed by atoms with Crippen molar-refractivity contribution in [1.82, 2.24) is 15.0 Å². The molecule has 2 heterocycles. The molecule has 2 aromatic heterocycles. The topological polar surface area (TPSA) is 76.0 Å². The van der Waals surface area contributed by atoms with E-state index in [4.69, 9.17) is 5.11 Å². The van der Waals surface area contributed by atoms with E-state index < -0.39 is 29.2 Å². The van der Waals surface area contributed by atoms with Crippen LogP contribution in [0, 0.1) is 29.3 Å². The zero-order valence-electron chi connectivity index (χ0n) is 18.0. The number of carboxylic acid groups (broad SMARTS) is 1. The standard InChI is InChI=1S/C20H9F4N2.C6H5NO2.Ir/c21-13-5-11(6-14(22)9-13)19-20(12-7-15(23)10-16(24)8-12)26-18-4-2-1-3-17(18)25-19;8-6(9)5-3-1-2-4-7-5;/h1-7,9-10H;1-4H,(H,8,9);/q-1;;. The monoisotopic (exact) mass is 669 g/mol. The van der Waals surface area contributed by atoms with E-state index >= 15 is 0 Å².